The molecule has 0 saturated carbocycles. The van der Waals surface area contributed by atoms with Gasteiger partial charge < -0.3 is 15.3 Å². The summed E-state index contributed by atoms with van der Waals surface area (Å²) in [5.74, 6) is -1.16. The van der Waals surface area contributed by atoms with Crippen LogP contribution in [-0.4, -0.2) is 61.4 Å². The number of rotatable bonds is 6. The molecule has 2 aliphatic heterocycles. The van der Waals surface area contributed by atoms with Crippen molar-refractivity contribution in [1.82, 2.24) is 10.2 Å². The molecule has 2 heterocycles. The first-order valence-electron chi connectivity index (χ1n) is 9.31. The van der Waals surface area contributed by atoms with E-state index in [1.807, 2.05) is 20.8 Å². The SMILES string of the molecule is CC[C@H](C)[C@H](SC(C)=O)C(=O)NC1CCC(C)C2SCC(C(=O)O)N2C1=O. The molecule has 0 spiro atoms. The molecule has 152 valence electrons. The first-order valence-corrected chi connectivity index (χ1v) is 11.2. The zero-order chi connectivity index (χ0) is 20.3. The summed E-state index contributed by atoms with van der Waals surface area (Å²) in [5.41, 5.74) is 0. The summed E-state index contributed by atoms with van der Waals surface area (Å²) in [5, 5.41) is 11.4. The van der Waals surface area contributed by atoms with E-state index in [9.17, 15) is 24.3 Å². The van der Waals surface area contributed by atoms with E-state index in [1.165, 1.54) is 23.6 Å². The van der Waals surface area contributed by atoms with Gasteiger partial charge in [-0.2, -0.15) is 0 Å². The van der Waals surface area contributed by atoms with Crippen molar-refractivity contribution in [3.63, 3.8) is 0 Å². The normalized spacial score (nSPS) is 30.2. The fraction of sp³-hybridized carbons (Fsp3) is 0.778. The molecule has 7 nitrogen and oxygen atoms in total. The average Bonchev–Trinajstić information content (AvgIpc) is 3.02. The number of thioether (sulfide) groups is 2. The van der Waals surface area contributed by atoms with Crippen molar-refractivity contribution in [3.8, 4) is 0 Å². The van der Waals surface area contributed by atoms with E-state index in [1.54, 1.807) is 0 Å². The van der Waals surface area contributed by atoms with Crippen LogP contribution >= 0.6 is 23.5 Å². The highest BCUT2D eigenvalue weighted by molar-refractivity contribution is 8.14. The van der Waals surface area contributed by atoms with Gasteiger partial charge in [-0.1, -0.05) is 39.0 Å². The molecule has 0 bridgehead atoms. The van der Waals surface area contributed by atoms with E-state index in [4.69, 9.17) is 0 Å². The van der Waals surface area contributed by atoms with Crippen LogP contribution in [0.3, 0.4) is 0 Å². The van der Waals surface area contributed by atoms with Crippen LogP contribution in [0.4, 0.5) is 0 Å². The molecule has 27 heavy (non-hydrogen) atoms. The lowest BCUT2D eigenvalue weighted by Gasteiger charge is -2.30. The Kier molecular flexibility index (Phi) is 7.62. The molecule has 2 N–H and O–H groups in total. The van der Waals surface area contributed by atoms with Gasteiger partial charge in [-0.15, -0.1) is 11.8 Å². The van der Waals surface area contributed by atoms with Crippen LogP contribution in [0.1, 0.15) is 47.0 Å². The Hall–Kier alpha value is -1.22. The number of amides is 2. The number of aliphatic carboxylic acids is 1. The van der Waals surface area contributed by atoms with Crippen molar-refractivity contribution in [2.45, 2.75) is 69.7 Å². The van der Waals surface area contributed by atoms with Gasteiger partial charge in [0.15, 0.2) is 5.12 Å². The predicted molar refractivity (Wildman–Crippen MR) is 106 cm³/mol. The molecule has 0 aliphatic carbocycles. The molecule has 0 aromatic rings. The second kappa shape index (κ2) is 9.32. The highest BCUT2D eigenvalue weighted by Crippen LogP contribution is 2.39. The summed E-state index contributed by atoms with van der Waals surface area (Å²) in [7, 11) is 0. The Balaban J connectivity index is 2.19. The highest BCUT2D eigenvalue weighted by atomic mass is 32.2. The van der Waals surface area contributed by atoms with Gasteiger partial charge in [0.05, 0.1) is 10.6 Å². The van der Waals surface area contributed by atoms with Crippen molar-refractivity contribution in [2.24, 2.45) is 11.8 Å². The van der Waals surface area contributed by atoms with Crippen LogP contribution in [0.2, 0.25) is 0 Å². The highest BCUT2D eigenvalue weighted by Gasteiger charge is 2.48. The summed E-state index contributed by atoms with van der Waals surface area (Å²) in [6.07, 6.45) is 1.94. The summed E-state index contributed by atoms with van der Waals surface area (Å²) in [6, 6.07) is -1.60. The van der Waals surface area contributed by atoms with Gasteiger partial charge in [-0.25, -0.2) is 4.79 Å². The van der Waals surface area contributed by atoms with Crippen molar-refractivity contribution >= 4 is 46.4 Å². The van der Waals surface area contributed by atoms with Crippen LogP contribution in [0.25, 0.3) is 0 Å². The largest absolute Gasteiger partial charge is 0.480 e. The third kappa shape index (κ3) is 4.99. The minimum atomic E-state index is -1.01. The van der Waals surface area contributed by atoms with Gasteiger partial charge >= 0.3 is 5.97 Å². The number of hydrogen-bond donors (Lipinski definition) is 2. The van der Waals surface area contributed by atoms with E-state index in [-0.39, 0.29) is 34.1 Å². The fourth-order valence-corrected chi connectivity index (χ4v) is 6.04. The summed E-state index contributed by atoms with van der Waals surface area (Å²) in [6.45, 7) is 7.30. The predicted octanol–water partition coefficient (Wildman–Crippen LogP) is 1.95. The quantitative estimate of drug-likeness (QED) is 0.682. The maximum Gasteiger partial charge on any atom is 0.327 e. The number of nitrogens with zero attached hydrogens (tertiary/aromatic N) is 1. The van der Waals surface area contributed by atoms with Crippen molar-refractivity contribution in [3.05, 3.63) is 0 Å². The lowest BCUT2D eigenvalue weighted by Crippen LogP contribution is -2.55. The molecule has 9 heteroatoms. The number of fused-ring (bicyclic) bond motifs is 1. The molecule has 0 radical (unpaired) electrons. The Morgan fingerprint density at radius 2 is 2.04 bits per heavy atom. The lowest BCUT2D eigenvalue weighted by molar-refractivity contribution is -0.150. The molecule has 0 aromatic heterocycles. The number of carbonyl (C=O) groups is 4. The first kappa shape index (κ1) is 22.1. The molecule has 4 unspecified atom stereocenters. The average molecular weight is 417 g/mol. The molecular weight excluding hydrogens is 388 g/mol. The molecule has 2 rings (SSSR count). The Bertz CT molecular complexity index is 615. The van der Waals surface area contributed by atoms with Gasteiger partial charge in [-0.05, 0) is 24.7 Å². The van der Waals surface area contributed by atoms with Crippen molar-refractivity contribution < 1.29 is 24.3 Å². The minimum absolute atomic E-state index is 0.0134. The van der Waals surface area contributed by atoms with Gasteiger partial charge in [0.1, 0.15) is 12.1 Å². The van der Waals surface area contributed by atoms with Crippen molar-refractivity contribution in [1.29, 1.82) is 0 Å². The van der Waals surface area contributed by atoms with Gasteiger partial charge in [0.25, 0.3) is 0 Å². The molecular formula is C18H28N2O5S2. The van der Waals surface area contributed by atoms with Crippen LogP contribution in [0.15, 0.2) is 0 Å². The molecule has 2 fully saturated rings. The number of carboxylic acid groups (broad SMARTS) is 1. The third-order valence-corrected chi connectivity index (χ3v) is 8.10. The Labute approximate surface area is 168 Å². The van der Waals surface area contributed by atoms with Crippen LogP contribution in [-0.2, 0) is 19.2 Å². The maximum absolute atomic E-state index is 13.1. The monoisotopic (exact) mass is 416 g/mol. The van der Waals surface area contributed by atoms with Crippen LogP contribution < -0.4 is 5.32 Å². The number of carbonyl (C=O) groups excluding carboxylic acids is 3. The second-order valence-corrected chi connectivity index (χ2v) is 9.82. The molecule has 0 aromatic carbocycles. The van der Waals surface area contributed by atoms with Crippen LogP contribution in [0.5, 0.6) is 0 Å². The zero-order valence-electron chi connectivity index (χ0n) is 16.1. The maximum atomic E-state index is 13.1. The number of nitrogens with one attached hydrogen (secondary N) is 1. The fourth-order valence-electron chi connectivity index (χ4n) is 3.52. The third-order valence-electron chi connectivity index (χ3n) is 5.30. The van der Waals surface area contributed by atoms with E-state index in [0.717, 1.165) is 24.6 Å². The molecule has 6 atom stereocenters. The van der Waals surface area contributed by atoms with Crippen LogP contribution in [0, 0.1) is 11.8 Å². The molecule has 2 amide bonds. The lowest BCUT2D eigenvalue weighted by atomic mass is 10.0. The molecule has 2 saturated heterocycles. The topological polar surface area (TPSA) is 104 Å². The van der Waals surface area contributed by atoms with E-state index in [2.05, 4.69) is 5.32 Å². The van der Waals surface area contributed by atoms with E-state index < -0.39 is 23.3 Å². The Morgan fingerprint density at radius 1 is 1.37 bits per heavy atom. The van der Waals surface area contributed by atoms with Gasteiger partial charge in [-0.3, -0.25) is 14.4 Å². The molecule has 2 aliphatic rings. The van der Waals surface area contributed by atoms with Gasteiger partial charge in [0, 0.05) is 12.7 Å². The standard InChI is InChI=1S/C18H28N2O5S2/c1-5-9(2)14(27-11(4)21)15(22)19-12-7-6-10(3)17-20(16(12)23)13(8-26-17)18(24)25/h9-10,12-14,17H,5-8H2,1-4H3,(H,19,22)(H,24,25)/t9-,10?,12?,13?,14-,17?/m0/s1. The van der Waals surface area contributed by atoms with E-state index >= 15 is 0 Å². The summed E-state index contributed by atoms with van der Waals surface area (Å²) < 4.78 is 0. The van der Waals surface area contributed by atoms with E-state index in [0.29, 0.717) is 12.2 Å². The number of carboxylic acids is 1. The first-order chi connectivity index (χ1) is 12.7. The summed E-state index contributed by atoms with van der Waals surface area (Å²) in [4.78, 5) is 50.4. The van der Waals surface area contributed by atoms with Gasteiger partial charge in [0.2, 0.25) is 11.8 Å². The Morgan fingerprint density at radius 3 is 2.59 bits per heavy atom. The van der Waals surface area contributed by atoms with Crippen molar-refractivity contribution in [2.75, 3.05) is 5.75 Å². The minimum Gasteiger partial charge on any atom is -0.480 e. The zero-order valence-corrected chi connectivity index (χ0v) is 17.8. The second-order valence-electron chi connectivity index (χ2n) is 7.35. The smallest absolute Gasteiger partial charge is 0.327 e. The number of hydrogen-bond acceptors (Lipinski definition) is 6. The summed E-state index contributed by atoms with van der Waals surface area (Å²) >= 11 is 2.48.